The molecule has 0 bridgehead atoms. The van der Waals surface area contributed by atoms with E-state index in [9.17, 15) is 21.6 Å². The van der Waals surface area contributed by atoms with Gasteiger partial charge in [-0.15, -0.1) is 14.9 Å². The minimum absolute atomic E-state index is 0.0570. The predicted molar refractivity (Wildman–Crippen MR) is 118 cm³/mol. The van der Waals surface area contributed by atoms with E-state index in [0.717, 1.165) is 10.3 Å². The zero-order valence-electron chi connectivity index (χ0n) is 17.7. The molecular formula is C20H18F3N7O2S2. The molecule has 3 aromatic rings. The van der Waals surface area contributed by atoms with Crippen LogP contribution in [0.5, 0.6) is 0 Å². The summed E-state index contributed by atoms with van der Waals surface area (Å²) in [4.78, 5) is 3.31. The second-order valence-electron chi connectivity index (χ2n) is 8.28. The Morgan fingerprint density at radius 2 is 2.09 bits per heavy atom. The Morgan fingerprint density at radius 3 is 2.71 bits per heavy atom. The molecule has 1 aliphatic heterocycles. The Kier molecular flexibility index (Phi) is 5.28. The average molecular weight is 510 g/mol. The third kappa shape index (κ3) is 4.09. The fourth-order valence-corrected chi connectivity index (χ4v) is 5.95. The standard InChI is InChI=1S/C20H18F3N7O2S2/c1-11-7-12(3-6-25-11)14-8-13(34(31,32)29-19(24-2)4-5-19)9-16-15(14)10-26-30(16)18-28-27-17(33-18)20(21,22)23/h7-11,25,29H,3-6H2,1H3. The zero-order valence-corrected chi connectivity index (χ0v) is 19.4. The molecule has 1 unspecified atom stereocenters. The number of nitrogens with zero attached hydrogens (tertiary/aromatic N) is 5. The molecule has 5 rings (SSSR count). The van der Waals surface area contributed by atoms with Gasteiger partial charge >= 0.3 is 6.18 Å². The van der Waals surface area contributed by atoms with Gasteiger partial charge in [0.1, 0.15) is 0 Å². The van der Waals surface area contributed by atoms with Gasteiger partial charge in [-0.3, -0.25) is 4.85 Å². The highest BCUT2D eigenvalue weighted by molar-refractivity contribution is 7.89. The monoisotopic (exact) mass is 509 g/mol. The number of nitrogens with one attached hydrogen (secondary N) is 2. The van der Waals surface area contributed by atoms with Gasteiger partial charge in [-0.1, -0.05) is 17.4 Å². The van der Waals surface area contributed by atoms with Crippen molar-refractivity contribution in [2.45, 2.75) is 49.0 Å². The third-order valence-corrected chi connectivity index (χ3v) is 8.18. The molecule has 2 aromatic heterocycles. The van der Waals surface area contributed by atoms with Gasteiger partial charge in [0.05, 0.1) is 29.5 Å². The molecule has 34 heavy (non-hydrogen) atoms. The molecule has 9 nitrogen and oxygen atoms in total. The zero-order chi connectivity index (χ0) is 24.3. The van der Waals surface area contributed by atoms with Crippen molar-refractivity contribution in [1.29, 1.82) is 0 Å². The van der Waals surface area contributed by atoms with Gasteiger partial charge in [0.15, 0.2) is 0 Å². The van der Waals surface area contributed by atoms with Gasteiger partial charge in [0.25, 0.3) is 5.66 Å². The molecule has 3 heterocycles. The molecule has 0 radical (unpaired) electrons. The van der Waals surface area contributed by atoms with Crippen LogP contribution in [-0.2, 0) is 16.2 Å². The average Bonchev–Trinajstić information content (AvgIpc) is 3.17. The summed E-state index contributed by atoms with van der Waals surface area (Å²) in [6, 6.07) is 2.93. The first-order valence-electron chi connectivity index (χ1n) is 10.3. The molecule has 1 saturated carbocycles. The molecular weight excluding hydrogens is 491 g/mol. The van der Waals surface area contributed by atoms with Crippen LogP contribution in [0.4, 0.5) is 13.2 Å². The highest BCUT2D eigenvalue weighted by Gasteiger charge is 2.54. The molecule has 14 heteroatoms. The highest BCUT2D eigenvalue weighted by Crippen LogP contribution is 2.40. The summed E-state index contributed by atoms with van der Waals surface area (Å²) in [6.07, 6.45) is 0.275. The van der Waals surface area contributed by atoms with Gasteiger partial charge in [-0.25, -0.2) is 19.7 Å². The maximum absolute atomic E-state index is 13.2. The van der Waals surface area contributed by atoms with Gasteiger partial charge < -0.3 is 5.32 Å². The van der Waals surface area contributed by atoms with E-state index in [1.54, 1.807) is 0 Å². The number of fused-ring (bicyclic) bond motifs is 1. The van der Waals surface area contributed by atoms with E-state index in [2.05, 4.69) is 30.2 Å². The maximum Gasteiger partial charge on any atom is 0.445 e. The van der Waals surface area contributed by atoms with Crippen LogP contribution in [0.25, 0.3) is 26.5 Å². The number of hydrogen-bond acceptors (Lipinski definition) is 7. The highest BCUT2D eigenvalue weighted by atomic mass is 32.2. The van der Waals surface area contributed by atoms with Crippen LogP contribution in [0.1, 0.15) is 36.8 Å². The van der Waals surface area contributed by atoms with Crippen molar-refractivity contribution in [2.75, 3.05) is 6.54 Å². The summed E-state index contributed by atoms with van der Waals surface area (Å²) in [5.41, 5.74) is 0.651. The van der Waals surface area contributed by atoms with E-state index in [0.29, 0.717) is 48.1 Å². The van der Waals surface area contributed by atoms with Gasteiger partial charge in [-0.2, -0.15) is 18.3 Å². The van der Waals surface area contributed by atoms with Crippen molar-refractivity contribution in [2.24, 2.45) is 0 Å². The summed E-state index contributed by atoms with van der Waals surface area (Å²) < 4.78 is 69.3. The second-order valence-corrected chi connectivity index (χ2v) is 10.9. The molecule has 178 valence electrons. The Morgan fingerprint density at radius 1 is 1.32 bits per heavy atom. The van der Waals surface area contributed by atoms with Crippen molar-refractivity contribution in [3.8, 4) is 5.13 Å². The number of hydrogen-bond donors (Lipinski definition) is 2. The Labute approximate surface area is 196 Å². The summed E-state index contributed by atoms with van der Waals surface area (Å²) in [5, 5.41) is 13.6. The number of halogens is 3. The van der Waals surface area contributed by atoms with Crippen LogP contribution in [0.2, 0.25) is 0 Å². The van der Waals surface area contributed by atoms with Crippen LogP contribution in [0.3, 0.4) is 0 Å². The second kappa shape index (κ2) is 7.84. The lowest BCUT2D eigenvalue weighted by Gasteiger charge is -2.21. The fourth-order valence-electron chi connectivity index (χ4n) is 3.86. The quantitative estimate of drug-likeness (QED) is 0.511. The number of benzene rings is 1. The SMILES string of the molecule is [C-]#[N+]C1(NS(=O)(=O)c2cc(C3=CC(C)NCC3)c3cnn(-c4nnc(C(F)(F)F)s4)c3c2)CC1. The molecule has 1 aliphatic carbocycles. The molecule has 1 fully saturated rings. The first kappa shape index (κ1) is 22.9. The van der Waals surface area contributed by atoms with Gasteiger partial charge in [0, 0.05) is 11.4 Å². The minimum atomic E-state index is -4.66. The lowest BCUT2D eigenvalue weighted by atomic mass is 9.95. The smallest absolute Gasteiger partial charge is 0.310 e. The van der Waals surface area contributed by atoms with Gasteiger partial charge in [-0.05, 0) is 43.2 Å². The number of aromatic nitrogens is 4. The summed E-state index contributed by atoms with van der Waals surface area (Å²) in [6.45, 7) is 9.95. The Bertz CT molecular complexity index is 1460. The van der Waals surface area contributed by atoms with Crippen molar-refractivity contribution in [3.05, 3.63) is 46.4 Å². The summed E-state index contributed by atoms with van der Waals surface area (Å²) in [5.74, 6) is 0. The van der Waals surface area contributed by atoms with E-state index >= 15 is 0 Å². The molecule has 1 atom stereocenters. The minimum Gasteiger partial charge on any atom is -0.310 e. The Hall–Kier alpha value is -2.86. The van der Waals surface area contributed by atoms with Gasteiger partial charge in [0.2, 0.25) is 20.2 Å². The normalized spacial score (nSPS) is 20.2. The number of sulfonamides is 1. The summed E-state index contributed by atoms with van der Waals surface area (Å²) in [7, 11) is -4.09. The van der Waals surface area contributed by atoms with Crippen LogP contribution in [0, 0.1) is 6.57 Å². The fraction of sp³-hybridized carbons (Fsp3) is 0.400. The first-order valence-corrected chi connectivity index (χ1v) is 12.6. The van der Waals surface area contributed by atoms with E-state index in [1.807, 2.05) is 13.0 Å². The van der Waals surface area contributed by atoms with Crippen LogP contribution < -0.4 is 10.0 Å². The van der Waals surface area contributed by atoms with Crippen molar-refractivity contribution < 1.29 is 21.6 Å². The molecule has 0 spiro atoms. The third-order valence-electron chi connectivity index (χ3n) is 5.73. The van der Waals surface area contributed by atoms with Crippen molar-refractivity contribution in [3.63, 3.8) is 0 Å². The largest absolute Gasteiger partial charge is 0.445 e. The number of alkyl halides is 3. The van der Waals surface area contributed by atoms with E-state index in [-0.39, 0.29) is 21.6 Å². The van der Waals surface area contributed by atoms with Crippen LogP contribution in [-0.4, -0.2) is 46.6 Å². The lowest BCUT2D eigenvalue weighted by Crippen LogP contribution is -2.34. The molecule has 1 aromatic carbocycles. The van der Waals surface area contributed by atoms with Crippen LogP contribution >= 0.6 is 11.3 Å². The van der Waals surface area contributed by atoms with E-state index in [4.69, 9.17) is 6.57 Å². The number of rotatable bonds is 5. The maximum atomic E-state index is 13.2. The van der Waals surface area contributed by atoms with Crippen molar-refractivity contribution in [1.82, 2.24) is 30.0 Å². The Balaban J connectivity index is 1.70. The molecule has 2 N–H and O–H groups in total. The molecule has 0 saturated heterocycles. The first-order chi connectivity index (χ1) is 16.0. The summed E-state index contributed by atoms with van der Waals surface area (Å²) >= 11 is 0.315. The van der Waals surface area contributed by atoms with Crippen LogP contribution in [0.15, 0.2) is 29.3 Å². The van der Waals surface area contributed by atoms with E-state index in [1.165, 1.54) is 18.3 Å². The molecule has 2 aliphatic rings. The predicted octanol–water partition coefficient (Wildman–Crippen LogP) is 3.35. The van der Waals surface area contributed by atoms with E-state index < -0.39 is 26.9 Å². The lowest BCUT2D eigenvalue weighted by molar-refractivity contribution is -0.138. The molecule has 0 amide bonds. The topological polar surface area (TPSA) is 106 Å². The van der Waals surface area contributed by atoms with Crippen molar-refractivity contribution >= 4 is 37.8 Å².